The minimum atomic E-state index is 0.195. The lowest BCUT2D eigenvalue weighted by Crippen LogP contribution is -2.48. The van der Waals surface area contributed by atoms with Crippen LogP contribution in [-0.4, -0.2) is 25.8 Å². The van der Waals surface area contributed by atoms with Crippen LogP contribution in [0.25, 0.3) is 0 Å². The van der Waals surface area contributed by atoms with E-state index in [2.05, 4.69) is 12.2 Å². The van der Waals surface area contributed by atoms with Crippen LogP contribution >= 0.6 is 0 Å². The summed E-state index contributed by atoms with van der Waals surface area (Å²) in [5.41, 5.74) is 0.195. The van der Waals surface area contributed by atoms with Gasteiger partial charge in [-0.2, -0.15) is 0 Å². The molecule has 0 aromatic heterocycles. The van der Waals surface area contributed by atoms with Gasteiger partial charge in [-0.15, -0.1) is 0 Å². The van der Waals surface area contributed by atoms with E-state index in [4.69, 9.17) is 4.74 Å². The number of unbranched alkanes of at least 4 members (excludes halogenated alkanes) is 7. The summed E-state index contributed by atoms with van der Waals surface area (Å²) >= 11 is 0. The molecular weight excluding hydrogens is 222 g/mol. The number of rotatable bonds is 12. The Labute approximate surface area is 114 Å². The van der Waals surface area contributed by atoms with Crippen LogP contribution in [0.15, 0.2) is 0 Å². The third kappa shape index (κ3) is 6.19. The van der Waals surface area contributed by atoms with E-state index in [1.54, 1.807) is 0 Å². The van der Waals surface area contributed by atoms with Crippen molar-refractivity contribution in [2.45, 2.75) is 83.2 Å². The van der Waals surface area contributed by atoms with E-state index in [9.17, 15) is 0 Å². The molecule has 1 saturated carbocycles. The Bertz CT molecular complexity index is 184. The number of nitrogens with one attached hydrogen (secondary N) is 1. The van der Waals surface area contributed by atoms with Crippen LogP contribution < -0.4 is 5.32 Å². The second kappa shape index (κ2) is 9.80. The molecule has 0 bridgehead atoms. The van der Waals surface area contributed by atoms with Gasteiger partial charge >= 0.3 is 0 Å². The summed E-state index contributed by atoms with van der Waals surface area (Å²) in [4.78, 5) is 0. The fourth-order valence-electron chi connectivity index (χ4n) is 2.72. The summed E-state index contributed by atoms with van der Waals surface area (Å²) < 4.78 is 5.59. The fraction of sp³-hybridized carbons (Fsp3) is 1.00. The third-order valence-corrected chi connectivity index (χ3v) is 4.35. The van der Waals surface area contributed by atoms with Crippen LogP contribution in [0.2, 0.25) is 0 Å². The van der Waals surface area contributed by atoms with Crippen molar-refractivity contribution in [1.29, 1.82) is 0 Å². The normalized spacial score (nSPS) is 17.7. The maximum atomic E-state index is 5.59. The molecule has 2 nitrogen and oxygen atoms in total. The highest BCUT2D eigenvalue weighted by molar-refractivity contribution is 4.91. The molecule has 0 amide bonds. The van der Waals surface area contributed by atoms with E-state index in [0.717, 1.165) is 6.54 Å². The van der Waals surface area contributed by atoms with Gasteiger partial charge in [-0.25, -0.2) is 0 Å². The van der Waals surface area contributed by atoms with Gasteiger partial charge in [0.05, 0.1) is 5.60 Å². The van der Waals surface area contributed by atoms with Crippen molar-refractivity contribution in [3.05, 3.63) is 0 Å². The van der Waals surface area contributed by atoms with E-state index in [1.807, 2.05) is 7.11 Å². The second-order valence-corrected chi connectivity index (χ2v) is 5.89. The van der Waals surface area contributed by atoms with Crippen LogP contribution in [0.5, 0.6) is 0 Å². The number of ether oxygens (including phenoxy) is 1. The van der Waals surface area contributed by atoms with Crippen molar-refractivity contribution in [1.82, 2.24) is 5.32 Å². The molecule has 0 radical (unpaired) electrons. The fourth-order valence-corrected chi connectivity index (χ4v) is 2.72. The second-order valence-electron chi connectivity index (χ2n) is 5.89. The zero-order valence-corrected chi connectivity index (χ0v) is 12.6. The molecule has 0 spiro atoms. The predicted molar refractivity (Wildman–Crippen MR) is 79.1 cm³/mol. The molecule has 0 heterocycles. The summed E-state index contributed by atoms with van der Waals surface area (Å²) in [7, 11) is 1.86. The maximum absolute atomic E-state index is 5.59. The Morgan fingerprint density at radius 1 is 0.944 bits per heavy atom. The smallest absolute Gasteiger partial charge is 0.0802 e. The molecule has 1 aliphatic rings. The SMILES string of the molecule is CCCCCCCCCCNCC1(OC)CCC1. The largest absolute Gasteiger partial charge is 0.377 e. The van der Waals surface area contributed by atoms with Gasteiger partial charge in [0.15, 0.2) is 0 Å². The zero-order valence-electron chi connectivity index (χ0n) is 12.6. The van der Waals surface area contributed by atoms with E-state index in [-0.39, 0.29) is 5.60 Å². The highest BCUT2D eigenvalue weighted by atomic mass is 16.5. The molecule has 0 aliphatic heterocycles. The van der Waals surface area contributed by atoms with Crippen LogP contribution in [0, 0.1) is 0 Å². The van der Waals surface area contributed by atoms with Gasteiger partial charge in [0.1, 0.15) is 0 Å². The van der Waals surface area contributed by atoms with Crippen molar-refractivity contribution < 1.29 is 4.74 Å². The first-order valence-electron chi connectivity index (χ1n) is 8.09. The molecule has 0 unspecified atom stereocenters. The number of methoxy groups -OCH3 is 1. The first-order chi connectivity index (χ1) is 8.83. The average molecular weight is 255 g/mol. The van der Waals surface area contributed by atoms with Crippen molar-refractivity contribution in [3.63, 3.8) is 0 Å². The zero-order chi connectivity index (χ0) is 13.1. The minimum absolute atomic E-state index is 0.195. The number of hydrogen-bond donors (Lipinski definition) is 1. The summed E-state index contributed by atoms with van der Waals surface area (Å²) in [6.07, 6.45) is 15.0. The Balaban J connectivity index is 1.78. The van der Waals surface area contributed by atoms with Crippen LogP contribution in [-0.2, 0) is 4.74 Å². The van der Waals surface area contributed by atoms with Gasteiger partial charge in [-0.1, -0.05) is 51.9 Å². The Morgan fingerprint density at radius 3 is 2.06 bits per heavy atom. The first-order valence-corrected chi connectivity index (χ1v) is 8.09. The molecule has 0 aromatic carbocycles. The Morgan fingerprint density at radius 2 is 1.56 bits per heavy atom. The minimum Gasteiger partial charge on any atom is -0.377 e. The Hall–Kier alpha value is -0.0800. The highest BCUT2D eigenvalue weighted by Crippen LogP contribution is 2.34. The lowest BCUT2D eigenvalue weighted by atomic mass is 9.80. The van der Waals surface area contributed by atoms with Crippen molar-refractivity contribution in [2.24, 2.45) is 0 Å². The molecule has 108 valence electrons. The quantitative estimate of drug-likeness (QED) is 0.525. The maximum Gasteiger partial charge on any atom is 0.0802 e. The van der Waals surface area contributed by atoms with E-state index >= 15 is 0 Å². The molecule has 1 rings (SSSR count). The monoisotopic (exact) mass is 255 g/mol. The lowest BCUT2D eigenvalue weighted by molar-refractivity contribution is -0.0692. The van der Waals surface area contributed by atoms with Crippen LogP contribution in [0.3, 0.4) is 0 Å². The first kappa shape index (κ1) is 16.0. The molecule has 2 heteroatoms. The summed E-state index contributed by atoms with van der Waals surface area (Å²) in [5, 5.41) is 3.57. The highest BCUT2D eigenvalue weighted by Gasteiger charge is 2.36. The molecule has 0 aromatic rings. The summed E-state index contributed by atoms with van der Waals surface area (Å²) in [5.74, 6) is 0. The van der Waals surface area contributed by atoms with Crippen molar-refractivity contribution in [3.8, 4) is 0 Å². The average Bonchev–Trinajstić information content (AvgIpc) is 2.34. The molecular formula is C16H33NO. The molecule has 1 aliphatic carbocycles. The molecule has 1 fully saturated rings. The lowest BCUT2D eigenvalue weighted by Gasteiger charge is -2.40. The van der Waals surface area contributed by atoms with E-state index < -0.39 is 0 Å². The summed E-state index contributed by atoms with van der Waals surface area (Å²) in [6.45, 7) is 4.50. The van der Waals surface area contributed by atoms with Gasteiger partial charge in [0.25, 0.3) is 0 Å². The Kier molecular flexibility index (Phi) is 8.70. The summed E-state index contributed by atoms with van der Waals surface area (Å²) in [6, 6.07) is 0. The van der Waals surface area contributed by atoms with Gasteiger partial charge < -0.3 is 10.1 Å². The predicted octanol–water partition coefficient (Wildman–Crippen LogP) is 4.29. The number of hydrogen-bond acceptors (Lipinski definition) is 2. The van der Waals surface area contributed by atoms with Crippen molar-refractivity contribution in [2.75, 3.05) is 20.2 Å². The van der Waals surface area contributed by atoms with Gasteiger partial charge in [0, 0.05) is 13.7 Å². The van der Waals surface area contributed by atoms with Gasteiger partial charge in [-0.3, -0.25) is 0 Å². The van der Waals surface area contributed by atoms with Gasteiger partial charge in [-0.05, 0) is 32.2 Å². The van der Waals surface area contributed by atoms with Gasteiger partial charge in [0.2, 0.25) is 0 Å². The third-order valence-electron chi connectivity index (χ3n) is 4.35. The van der Waals surface area contributed by atoms with E-state index in [1.165, 1.54) is 77.2 Å². The van der Waals surface area contributed by atoms with Crippen molar-refractivity contribution >= 4 is 0 Å². The molecule has 0 saturated heterocycles. The standard InChI is InChI=1S/C16H33NO/c1-3-4-5-6-7-8-9-10-14-17-15-16(18-2)12-11-13-16/h17H,3-15H2,1-2H3. The van der Waals surface area contributed by atoms with Crippen LogP contribution in [0.1, 0.15) is 77.6 Å². The topological polar surface area (TPSA) is 21.3 Å². The molecule has 18 heavy (non-hydrogen) atoms. The molecule has 1 N–H and O–H groups in total. The van der Waals surface area contributed by atoms with E-state index in [0.29, 0.717) is 0 Å². The molecule has 0 atom stereocenters. The van der Waals surface area contributed by atoms with Crippen LogP contribution in [0.4, 0.5) is 0 Å².